The van der Waals surface area contributed by atoms with Crippen molar-refractivity contribution < 1.29 is 0 Å². The van der Waals surface area contributed by atoms with E-state index in [-0.39, 0.29) is 0 Å². The van der Waals surface area contributed by atoms with Gasteiger partial charge in [-0.3, -0.25) is 0 Å². The minimum absolute atomic E-state index is 0.711. The molecule has 0 atom stereocenters. The standard InChI is InChI=1S/C11H20N2S/c1-2-3-4-5-6-10-9-13-11(14-10)7-8-12/h9H,2-8,12H2,1H3. The second-order valence-electron chi connectivity index (χ2n) is 3.57. The topological polar surface area (TPSA) is 38.9 Å². The van der Waals surface area contributed by atoms with Crippen molar-refractivity contribution in [2.75, 3.05) is 6.54 Å². The number of nitrogens with two attached hydrogens (primary N) is 1. The lowest BCUT2D eigenvalue weighted by Crippen LogP contribution is -2.01. The van der Waals surface area contributed by atoms with E-state index in [1.165, 1.54) is 42.0 Å². The van der Waals surface area contributed by atoms with Gasteiger partial charge in [0.25, 0.3) is 0 Å². The summed E-state index contributed by atoms with van der Waals surface area (Å²) >= 11 is 1.82. The Hall–Kier alpha value is -0.410. The highest BCUT2D eigenvalue weighted by Gasteiger charge is 2.00. The lowest BCUT2D eigenvalue weighted by Gasteiger charge is -1.95. The quantitative estimate of drug-likeness (QED) is 0.706. The first-order valence-electron chi connectivity index (χ1n) is 5.50. The van der Waals surface area contributed by atoms with E-state index in [4.69, 9.17) is 5.73 Å². The fourth-order valence-electron chi connectivity index (χ4n) is 1.43. The molecule has 0 aliphatic carbocycles. The molecule has 0 aromatic carbocycles. The molecule has 0 aliphatic rings. The Morgan fingerprint density at radius 1 is 1.29 bits per heavy atom. The zero-order chi connectivity index (χ0) is 10.2. The third-order valence-electron chi connectivity index (χ3n) is 2.24. The molecule has 1 rings (SSSR count). The largest absolute Gasteiger partial charge is 0.330 e. The molecule has 0 unspecified atom stereocenters. The Labute approximate surface area is 90.6 Å². The second-order valence-corrected chi connectivity index (χ2v) is 4.77. The van der Waals surface area contributed by atoms with Crippen LogP contribution in [-0.2, 0) is 12.8 Å². The van der Waals surface area contributed by atoms with E-state index in [1.54, 1.807) is 0 Å². The maximum absolute atomic E-state index is 5.48. The summed E-state index contributed by atoms with van der Waals surface area (Å²) in [7, 11) is 0. The number of hydrogen-bond donors (Lipinski definition) is 1. The highest BCUT2D eigenvalue weighted by Crippen LogP contribution is 2.16. The third-order valence-corrected chi connectivity index (χ3v) is 3.35. The smallest absolute Gasteiger partial charge is 0.0940 e. The highest BCUT2D eigenvalue weighted by atomic mass is 32.1. The molecule has 80 valence electrons. The van der Waals surface area contributed by atoms with Crippen molar-refractivity contribution >= 4 is 11.3 Å². The van der Waals surface area contributed by atoms with E-state index in [2.05, 4.69) is 11.9 Å². The van der Waals surface area contributed by atoms with Gasteiger partial charge in [0.15, 0.2) is 0 Å². The molecule has 14 heavy (non-hydrogen) atoms. The van der Waals surface area contributed by atoms with E-state index in [0.29, 0.717) is 6.54 Å². The first-order chi connectivity index (χ1) is 6.86. The molecule has 0 aliphatic heterocycles. The molecule has 1 aromatic heterocycles. The van der Waals surface area contributed by atoms with Gasteiger partial charge in [-0.2, -0.15) is 0 Å². The summed E-state index contributed by atoms with van der Waals surface area (Å²) in [6, 6.07) is 0. The van der Waals surface area contributed by atoms with Crippen LogP contribution in [0.25, 0.3) is 0 Å². The molecule has 0 spiro atoms. The number of hydrogen-bond acceptors (Lipinski definition) is 3. The van der Waals surface area contributed by atoms with Crippen LogP contribution in [0.1, 0.15) is 42.5 Å². The van der Waals surface area contributed by atoms with Crippen molar-refractivity contribution in [3.8, 4) is 0 Å². The molecule has 1 aromatic rings. The average molecular weight is 212 g/mol. The maximum Gasteiger partial charge on any atom is 0.0940 e. The van der Waals surface area contributed by atoms with Crippen LogP contribution in [-0.4, -0.2) is 11.5 Å². The molecule has 0 fully saturated rings. The number of thiazole rings is 1. The Bertz CT molecular complexity index is 245. The lowest BCUT2D eigenvalue weighted by atomic mass is 10.1. The Morgan fingerprint density at radius 3 is 2.86 bits per heavy atom. The van der Waals surface area contributed by atoms with Gasteiger partial charge in [0.2, 0.25) is 0 Å². The minimum Gasteiger partial charge on any atom is -0.330 e. The van der Waals surface area contributed by atoms with Gasteiger partial charge in [-0.25, -0.2) is 4.98 Å². The zero-order valence-electron chi connectivity index (χ0n) is 8.96. The first kappa shape index (κ1) is 11.7. The Balaban J connectivity index is 2.22. The fraction of sp³-hybridized carbons (Fsp3) is 0.727. The van der Waals surface area contributed by atoms with Gasteiger partial charge in [0.1, 0.15) is 0 Å². The van der Waals surface area contributed by atoms with Crippen molar-refractivity contribution in [3.63, 3.8) is 0 Å². The predicted octanol–water partition coefficient (Wildman–Crippen LogP) is 2.77. The van der Waals surface area contributed by atoms with Crippen LogP contribution in [0, 0.1) is 0 Å². The summed E-state index contributed by atoms with van der Waals surface area (Å²) in [4.78, 5) is 5.76. The van der Waals surface area contributed by atoms with Crippen LogP contribution >= 0.6 is 11.3 Å². The van der Waals surface area contributed by atoms with E-state index in [9.17, 15) is 0 Å². The Morgan fingerprint density at radius 2 is 2.14 bits per heavy atom. The van der Waals surface area contributed by atoms with Gasteiger partial charge in [0.05, 0.1) is 5.01 Å². The van der Waals surface area contributed by atoms with Crippen molar-refractivity contribution in [3.05, 3.63) is 16.1 Å². The summed E-state index contributed by atoms with van der Waals surface area (Å²) in [5.74, 6) is 0. The molecular formula is C11H20N2S. The normalized spacial score (nSPS) is 10.7. The monoisotopic (exact) mass is 212 g/mol. The van der Waals surface area contributed by atoms with E-state index < -0.39 is 0 Å². The number of aromatic nitrogens is 1. The second kappa shape index (κ2) is 6.96. The van der Waals surface area contributed by atoms with E-state index in [0.717, 1.165) is 6.42 Å². The van der Waals surface area contributed by atoms with Crippen LogP contribution in [0.5, 0.6) is 0 Å². The fourth-order valence-corrected chi connectivity index (χ4v) is 2.41. The lowest BCUT2D eigenvalue weighted by molar-refractivity contribution is 0.670. The molecular weight excluding hydrogens is 192 g/mol. The minimum atomic E-state index is 0.711. The summed E-state index contributed by atoms with van der Waals surface area (Å²) in [6.45, 7) is 2.95. The number of unbranched alkanes of at least 4 members (excludes halogenated alkanes) is 3. The van der Waals surface area contributed by atoms with Gasteiger partial charge < -0.3 is 5.73 Å². The summed E-state index contributed by atoms with van der Waals surface area (Å²) in [5, 5.41) is 1.19. The molecule has 0 saturated carbocycles. The van der Waals surface area contributed by atoms with Crippen molar-refractivity contribution in [2.45, 2.75) is 45.4 Å². The summed E-state index contributed by atoms with van der Waals surface area (Å²) < 4.78 is 0. The molecule has 2 N–H and O–H groups in total. The van der Waals surface area contributed by atoms with Gasteiger partial charge in [-0.05, 0) is 19.4 Å². The number of aryl methyl sites for hydroxylation is 1. The van der Waals surface area contributed by atoms with Gasteiger partial charge in [-0.1, -0.05) is 26.2 Å². The van der Waals surface area contributed by atoms with Crippen molar-refractivity contribution in [2.24, 2.45) is 5.73 Å². The number of nitrogens with zero attached hydrogens (tertiary/aromatic N) is 1. The summed E-state index contributed by atoms with van der Waals surface area (Å²) in [5.41, 5.74) is 5.48. The van der Waals surface area contributed by atoms with Crippen LogP contribution in [0.4, 0.5) is 0 Å². The Kier molecular flexibility index (Phi) is 5.80. The zero-order valence-corrected chi connectivity index (χ0v) is 9.78. The van der Waals surface area contributed by atoms with Gasteiger partial charge >= 0.3 is 0 Å². The molecule has 0 saturated heterocycles. The molecule has 0 bridgehead atoms. The molecule has 2 nitrogen and oxygen atoms in total. The van der Waals surface area contributed by atoms with Crippen molar-refractivity contribution in [1.82, 2.24) is 4.98 Å². The van der Waals surface area contributed by atoms with Crippen LogP contribution in [0.2, 0.25) is 0 Å². The number of rotatable bonds is 7. The van der Waals surface area contributed by atoms with Crippen LogP contribution in [0.15, 0.2) is 6.20 Å². The van der Waals surface area contributed by atoms with Gasteiger partial charge in [0, 0.05) is 17.5 Å². The van der Waals surface area contributed by atoms with Crippen molar-refractivity contribution in [1.29, 1.82) is 0 Å². The molecule has 3 heteroatoms. The van der Waals surface area contributed by atoms with Crippen LogP contribution in [0.3, 0.4) is 0 Å². The van der Waals surface area contributed by atoms with Crippen LogP contribution < -0.4 is 5.73 Å². The molecule has 0 radical (unpaired) electrons. The SMILES string of the molecule is CCCCCCc1cnc(CCN)s1. The maximum atomic E-state index is 5.48. The summed E-state index contributed by atoms with van der Waals surface area (Å²) in [6.07, 6.45) is 9.46. The molecule has 0 amide bonds. The third kappa shape index (κ3) is 4.20. The van der Waals surface area contributed by atoms with Gasteiger partial charge in [-0.15, -0.1) is 11.3 Å². The highest BCUT2D eigenvalue weighted by molar-refractivity contribution is 7.11. The average Bonchev–Trinajstić information content (AvgIpc) is 2.61. The molecule has 1 heterocycles. The van der Waals surface area contributed by atoms with E-state index in [1.807, 2.05) is 17.5 Å². The predicted molar refractivity (Wildman–Crippen MR) is 62.7 cm³/mol. The first-order valence-corrected chi connectivity index (χ1v) is 6.32. The van der Waals surface area contributed by atoms with E-state index >= 15 is 0 Å².